The van der Waals surface area contributed by atoms with Gasteiger partial charge in [0.1, 0.15) is 5.82 Å². The Kier molecular flexibility index (Phi) is 4.90. The van der Waals surface area contributed by atoms with E-state index in [0.717, 1.165) is 0 Å². The van der Waals surface area contributed by atoms with E-state index in [2.05, 4.69) is 0 Å². The van der Waals surface area contributed by atoms with E-state index in [4.69, 9.17) is 9.84 Å². The summed E-state index contributed by atoms with van der Waals surface area (Å²) in [6.45, 7) is 2.72. The fourth-order valence-electron chi connectivity index (χ4n) is 2.43. The van der Waals surface area contributed by atoms with E-state index in [1.54, 1.807) is 24.0 Å². The minimum Gasteiger partial charge on any atom is -0.481 e. The van der Waals surface area contributed by atoms with Crippen LogP contribution in [0.5, 0.6) is 0 Å². The number of carbonyl (C=O) groups is 2. The Labute approximate surface area is 122 Å². The maximum atomic E-state index is 13.2. The lowest BCUT2D eigenvalue weighted by Crippen LogP contribution is -2.47. The van der Waals surface area contributed by atoms with Gasteiger partial charge in [-0.1, -0.05) is 12.1 Å². The van der Waals surface area contributed by atoms with Crippen molar-refractivity contribution >= 4 is 11.9 Å². The van der Waals surface area contributed by atoms with Crippen molar-refractivity contribution in [3.8, 4) is 0 Å². The molecule has 1 fully saturated rings. The van der Waals surface area contributed by atoms with Gasteiger partial charge in [0.15, 0.2) is 0 Å². The molecule has 2 atom stereocenters. The van der Waals surface area contributed by atoms with E-state index in [-0.39, 0.29) is 24.7 Å². The molecule has 1 aromatic carbocycles. The lowest BCUT2D eigenvalue weighted by molar-refractivity contribution is -0.148. The van der Waals surface area contributed by atoms with Crippen molar-refractivity contribution in [3.63, 3.8) is 0 Å². The lowest BCUT2D eigenvalue weighted by atomic mass is 9.99. The average molecular weight is 295 g/mol. The van der Waals surface area contributed by atoms with Gasteiger partial charge in [0.25, 0.3) is 0 Å². The molecule has 0 spiro atoms. The molecule has 1 saturated heterocycles. The molecule has 1 aliphatic rings. The molecule has 1 heterocycles. The molecule has 6 heteroatoms. The van der Waals surface area contributed by atoms with Crippen molar-refractivity contribution in [2.45, 2.75) is 25.4 Å². The van der Waals surface area contributed by atoms with Gasteiger partial charge in [0, 0.05) is 13.1 Å². The zero-order chi connectivity index (χ0) is 15.4. The quantitative estimate of drug-likeness (QED) is 0.917. The third kappa shape index (κ3) is 4.01. The Morgan fingerprint density at radius 1 is 1.52 bits per heavy atom. The summed E-state index contributed by atoms with van der Waals surface area (Å²) in [4.78, 5) is 24.7. The number of carboxylic acids is 1. The monoisotopic (exact) mass is 295 g/mol. The number of hydrogen-bond donors (Lipinski definition) is 1. The Hall–Kier alpha value is -1.95. The standard InChI is InChI=1S/C15H18FNO4/c1-10(11-3-2-4-12(16)7-11)15(20)17-5-6-21-13(9-17)8-14(18)19/h2-4,7,10,13H,5-6,8-9H2,1H3,(H,18,19)/t10-,13-/m0/s1. The Bertz CT molecular complexity index is 534. The van der Waals surface area contributed by atoms with E-state index < -0.39 is 18.0 Å². The number of aliphatic carboxylic acids is 1. The van der Waals surface area contributed by atoms with Gasteiger partial charge in [-0.3, -0.25) is 9.59 Å². The predicted octanol–water partition coefficient (Wildman–Crippen LogP) is 1.63. The van der Waals surface area contributed by atoms with Crippen LogP contribution >= 0.6 is 0 Å². The highest BCUT2D eigenvalue weighted by atomic mass is 19.1. The number of rotatable bonds is 4. The molecule has 1 amide bonds. The third-order valence-electron chi connectivity index (χ3n) is 3.57. The number of halogens is 1. The van der Waals surface area contributed by atoms with Crippen LogP contribution in [-0.2, 0) is 14.3 Å². The highest BCUT2D eigenvalue weighted by Crippen LogP contribution is 2.21. The minimum atomic E-state index is -0.951. The molecule has 1 aromatic rings. The van der Waals surface area contributed by atoms with Crippen molar-refractivity contribution in [2.75, 3.05) is 19.7 Å². The molecule has 0 bridgehead atoms. The summed E-state index contributed by atoms with van der Waals surface area (Å²) >= 11 is 0. The molecule has 1 N–H and O–H groups in total. The number of carboxylic acid groups (broad SMARTS) is 1. The van der Waals surface area contributed by atoms with Gasteiger partial charge < -0.3 is 14.7 Å². The SMILES string of the molecule is C[C@H](C(=O)N1CCO[C@@H](CC(=O)O)C1)c1cccc(F)c1. The average Bonchev–Trinajstić information content (AvgIpc) is 2.45. The molecule has 0 aliphatic carbocycles. The summed E-state index contributed by atoms with van der Waals surface area (Å²) in [5.74, 6) is -1.94. The van der Waals surface area contributed by atoms with Gasteiger partial charge in [-0.25, -0.2) is 4.39 Å². The first-order chi connectivity index (χ1) is 9.97. The van der Waals surface area contributed by atoms with E-state index in [9.17, 15) is 14.0 Å². The van der Waals surface area contributed by atoms with Crippen LogP contribution in [0.1, 0.15) is 24.8 Å². The Morgan fingerprint density at radius 3 is 2.95 bits per heavy atom. The Morgan fingerprint density at radius 2 is 2.29 bits per heavy atom. The number of hydrogen-bond acceptors (Lipinski definition) is 3. The summed E-state index contributed by atoms with van der Waals surface area (Å²) < 4.78 is 18.6. The van der Waals surface area contributed by atoms with Crippen molar-refractivity contribution in [1.29, 1.82) is 0 Å². The maximum Gasteiger partial charge on any atom is 0.306 e. The van der Waals surface area contributed by atoms with Gasteiger partial charge in [-0.05, 0) is 24.6 Å². The maximum absolute atomic E-state index is 13.2. The molecule has 0 aromatic heterocycles. The molecular formula is C15H18FNO4. The topological polar surface area (TPSA) is 66.8 Å². The van der Waals surface area contributed by atoms with Crippen LogP contribution in [-0.4, -0.2) is 47.7 Å². The summed E-state index contributed by atoms with van der Waals surface area (Å²) in [7, 11) is 0. The first-order valence-corrected chi connectivity index (χ1v) is 6.85. The molecule has 1 aliphatic heterocycles. The van der Waals surface area contributed by atoms with Gasteiger partial charge >= 0.3 is 5.97 Å². The normalized spacial score (nSPS) is 20.1. The summed E-state index contributed by atoms with van der Waals surface area (Å²) in [6.07, 6.45) is -0.613. The second kappa shape index (κ2) is 6.67. The van der Waals surface area contributed by atoms with Crippen LogP contribution in [0.4, 0.5) is 4.39 Å². The third-order valence-corrected chi connectivity index (χ3v) is 3.57. The molecule has 0 radical (unpaired) electrons. The Balaban J connectivity index is 2.03. The number of amides is 1. The molecule has 0 unspecified atom stereocenters. The lowest BCUT2D eigenvalue weighted by Gasteiger charge is -2.34. The first kappa shape index (κ1) is 15.4. The van der Waals surface area contributed by atoms with Gasteiger partial charge in [-0.2, -0.15) is 0 Å². The largest absolute Gasteiger partial charge is 0.481 e. The van der Waals surface area contributed by atoms with Crippen LogP contribution in [0.3, 0.4) is 0 Å². The zero-order valence-electron chi connectivity index (χ0n) is 11.8. The van der Waals surface area contributed by atoms with Crippen LogP contribution in [0.2, 0.25) is 0 Å². The second-order valence-corrected chi connectivity index (χ2v) is 5.15. The molecular weight excluding hydrogens is 277 g/mol. The van der Waals surface area contributed by atoms with Crippen LogP contribution in [0, 0.1) is 5.82 Å². The minimum absolute atomic E-state index is 0.127. The van der Waals surface area contributed by atoms with Gasteiger partial charge in [0.05, 0.1) is 25.0 Å². The van der Waals surface area contributed by atoms with Crippen molar-refractivity contribution < 1.29 is 23.8 Å². The highest BCUT2D eigenvalue weighted by molar-refractivity contribution is 5.83. The van der Waals surface area contributed by atoms with Crippen LogP contribution in [0.25, 0.3) is 0 Å². The molecule has 0 saturated carbocycles. The van der Waals surface area contributed by atoms with Crippen LogP contribution in [0.15, 0.2) is 24.3 Å². The summed E-state index contributed by atoms with van der Waals surface area (Å²) in [5, 5.41) is 8.78. The summed E-state index contributed by atoms with van der Waals surface area (Å²) in [5.41, 5.74) is 0.612. The predicted molar refractivity (Wildman–Crippen MR) is 73.4 cm³/mol. The smallest absolute Gasteiger partial charge is 0.306 e. The summed E-state index contributed by atoms with van der Waals surface area (Å²) in [6, 6.07) is 5.96. The van der Waals surface area contributed by atoms with Gasteiger partial charge in [0.2, 0.25) is 5.91 Å². The van der Waals surface area contributed by atoms with E-state index in [1.807, 2.05) is 0 Å². The fourth-order valence-corrected chi connectivity index (χ4v) is 2.43. The molecule has 21 heavy (non-hydrogen) atoms. The number of nitrogens with zero attached hydrogens (tertiary/aromatic N) is 1. The van der Waals surface area contributed by atoms with E-state index >= 15 is 0 Å². The van der Waals surface area contributed by atoms with E-state index in [0.29, 0.717) is 18.7 Å². The molecule has 114 valence electrons. The van der Waals surface area contributed by atoms with Crippen molar-refractivity contribution in [1.82, 2.24) is 4.90 Å². The fraction of sp³-hybridized carbons (Fsp3) is 0.467. The molecule has 5 nitrogen and oxygen atoms in total. The second-order valence-electron chi connectivity index (χ2n) is 5.15. The number of morpholine rings is 1. The number of benzene rings is 1. The van der Waals surface area contributed by atoms with Gasteiger partial charge in [-0.15, -0.1) is 0 Å². The van der Waals surface area contributed by atoms with Crippen LogP contribution < -0.4 is 0 Å². The van der Waals surface area contributed by atoms with Crippen molar-refractivity contribution in [3.05, 3.63) is 35.6 Å². The molecule has 2 rings (SSSR count). The number of ether oxygens (including phenoxy) is 1. The highest BCUT2D eigenvalue weighted by Gasteiger charge is 2.29. The first-order valence-electron chi connectivity index (χ1n) is 6.85. The zero-order valence-corrected chi connectivity index (χ0v) is 11.8. The van der Waals surface area contributed by atoms with Crippen molar-refractivity contribution in [2.24, 2.45) is 0 Å². The number of carbonyl (C=O) groups excluding carboxylic acids is 1. The van der Waals surface area contributed by atoms with E-state index in [1.165, 1.54) is 12.1 Å².